The maximum atomic E-state index is 12.9. The van der Waals surface area contributed by atoms with Gasteiger partial charge in [-0.3, -0.25) is 9.59 Å². The lowest BCUT2D eigenvalue weighted by atomic mass is 10.00. The van der Waals surface area contributed by atoms with Gasteiger partial charge in [-0.25, -0.2) is 4.98 Å². The van der Waals surface area contributed by atoms with Crippen LogP contribution in [0.5, 0.6) is 0 Å². The number of anilines is 1. The number of benzene rings is 1. The number of halogens is 3. The molecular formula is C18H16Cl3N3O2. The van der Waals surface area contributed by atoms with E-state index in [9.17, 15) is 9.59 Å². The van der Waals surface area contributed by atoms with E-state index in [0.717, 1.165) is 12.8 Å². The van der Waals surface area contributed by atoms with Crippen molar-refractivity contribution in [1.82, 2.24) is 9.88 Å². The Morgan fingerprint density at radius 2 is 1.92 bits per heavy atom. The van der Waals surface area contributed by atoms with Crippen LogP contribution in [-0.2, 0) is 4.79 Å². The number of nitrogens with one attached hydrogen (secondary N) is 1. The van der Waals surface area contributed by atoms with E-state index in [1.165, 1.54) is 6.20 Å². The normalized spacial score (nSPS) is 17.0. The number of piperidine rings is 1. The predicted molar refractivity (Wildman–Crippen MR) is 103 cm³/mol. The summed E-state index contributed by atoms with van der Waals surface area (Å²) < 4.78 is 0. The minimum Gasteiger partial charge on any atom is -0.327 e. The quantitative estimate of drug-likeness (QED) is 0.745. The zero-order valence-electron chi connectivity index (χ0n) is 13.7. The van der Waals surface area contributed by atoms with Gasteiger partial charge in [-0.05, 0) is 49.6 Å². The monoisotopic (exact) mass is 411 g/mol. The molecule has 8 heteroatoms. The Labute approximate surface area is 166 Å². The third-order valence-corrected chi connectivity index (χ3v) is 5.28. The first kappa shape index (κ1) is 19.0. The molecule has 2 aromatic rings. The highest BCUT2D eigenvalue weighted by molar-refractivity contribution is 6.42. The summed E-state index contributed by atoms with van der Waals surface area (Å²) in [5.41, 5.74) is 0.824. The Morgan fingerprint density at radius 3 is 2.65 bits per heavy atom. The lowest BCUT2D eigenvalue weighted by Crippen LogP contribution is -2.50. The summed E-state index contributed by atoms with van der Waals surface area (Å²) >= 11 is 17.9. The SMILES string of the molecule is O=C(Nc1ccc(Cl)c(Cl)c1)C1CCCCN1C(=O)c1cccnc1Cl. The van der Waals surface area contributed by atoms with Crippen molar-refractivity contribution in [3.8, 4) is 0 Å². The van der Waals surface area contributed by atoms with Crippen molar-refractivity contribution >= 4 is 52.3 Å². The first-order chi connectivity index (χ1) is 12.5. The molecule has 1 N–H and O–H groups in total. The van der Waals surface area contributed by atoms with E-state index >= 15 is 0 Å². The van der Waals surface area contributed by atoms with Crippen molar-refractivity contribution < 1.29 is 9.59 Å². The molecule has 5 nitrogen and oxygen atoms in total. The molecule has 1 aliphatic heterocycles. The molecule has 0 radical (unpaired) electrons. The molecule has 0 aliphatic carbocycles. The molecule has 136 valence electrons. The molecule has 1 aromatic heterocycles. The van der Waals surface area contributed by atoms with Gasteiger partial charge in [0.15, 0.2) is 0 Å². The lowest BCUT2D eigenvalue weighted by Gasteiger charge is -2.34. The summed E-state index contributed by atoms with van der Waals surface area (Å²) in [6, 6.07) is 7.53. The number of amides is 2. The molecule has 1 unspecified atom stereocenters. The zero-order chi connectivity index (χ0) is 18.7. The van der Waals surface area contributed by atoms with Gasteiger partial charge < -0.3 is 10.2 Å². The molecule has 1 atom stereocenters. The number of carbonyl (C=O) groups is 2. The third kappa shape index (κ3) is 4.11. The number of aromatic nitrogens is 1. The van der Waals surface area contributed by atoms with Crippen LogP contribution < -0.4 is 5.32 Å². The average molecular weight is 413 g/mol. The van der Waals surface area contributed by atoms with Gasteiger partial charge in [0.05, 0.1) is 15.6 Å². The zero-order valence-corrected chi connectivity index (χ0v) is 16.0. The number of pyridine rings is 1. The van der Waals surface area contributed by atoms with Crippen LogP contribution in [0.25, 0.3) is 0 Å². The molecule has 1 aliphatic rings. The predicted octanol–water partition coefficient (Wildman–Crippen LogP) is 4.68. The molecule has 1 aromatic carbocycles. The van der Waals surface area contributed by atoms with Crippen LogP contribution >= 0.6 is 34.8 Å². The molecule has 1 fully saturated rings. The highest BCUT2D eigenvalue weighted by Crippen LogP contribution is 2.27. The maximum absolute atomic E-state index is 12.9. The molecule has 0 bridgehead atoms. The second kappa shape index (κ2) is 8.25. The van der Waals surface area contributed by atoms with Gasteiger partial charge in [0, 0.05) is 18.4 Å². The second-order valence-corrected chi connectivity index (χ2v) is 7.14. The first-order valence-electron chi connectivity index (χ1n) is 8.15. The van der Waals surface area contributed by atoms with Gasteiger partial charge in [0.2, 0.25) is 5.91 Å². The maximum Gasteiger partial charge on any atom is 0.257 e. The first-order valence-corrected chi connectivity index (χ1v) is 9.28. The van der Waals surface area contributed by atoms with E-state index in [1.807, 2.05) is 0 Å². The van der Waals surface area contributed by atoms with Crippen LogP contribution in [0.15, 0.2) is 36.5 Å². The Kier molecular flexibility index (Phi) is 6.01. The van der Waals surface area contributed by atoms with Crippen LogP contribution in [-0.4, -0.2) is 34.3 Å². The van der Waals surface area contributed by atoms with Crippen molar-refractivity contribution in [2.24, 2.45) is 0 Å². The Hall–Kier alpha value is -1.82. The van der Waals surface area contributed by atoms with Crippen LogP contribution in [0.2, 0.25) is 15.2 Å². The van der Waals surface area contributed by atoms with Gasteiger partial charge in [-0.1, -0.05) is 34.8 Å². The lowest BCUT2D eigenvalue weighted by molar-refractivity contribution is -0.121. The van der Waals surface area contributed by atoms with E-state index in [1.54, 1.807) is 35.2 Å². The van der Waals surface area contributed by atoms with Crippen molar-refractivity contribution in [3.05, 3.63) is 57.3 Å². The van der Waals surface area contributed by atoms with Crippen molar-refractivity contribution in [3.63, 3.8) is 0 Å². The van der Waals surface area contributed by atoms with Crippen molar-refractivity contribution in [2.75, 3.05) is 11.9 Å². The Balaban J connectivity index is 1.80. The summed E-state index contributed by atoms with van der Waals surface area (Å²) in [5.74, 6) is -0.562. The van der Waals surface area contributed by atoms with Crippen LogP contribution in [0.1, 0.15) is 29.6 Å². The fraction of sp³-hybridized carbons (Fsp3) is 0.278. The van der Waals surface area contributed by atoms with Crippen LogP contribution in [0, 0.1) is 0 Å². The Morgan fingerprint density at radius 1 is 1.12 bits per heavy atom. The van der Waals surface area contributed by atoms with E-state index in [2.05, 4.69) is 10.3 Å². The molecule has 2 heterocycles. The van der Waals surface area contributed by atoms with Gasteiger partial charge in [0.25, 0.3) is 5.91 Å². The fourth-order valence-corrected chi connectivity index (χ4v) is 3.45. The largest absolute Gasteiger partial charge is 0.327 e. The van der Waals surface area contributed by atoms with Crippen LogP contribution in [0.3, 0.4) is 0 Å². The van der Waals surface area contributed by atoms with E-state index in [4.69, 9.17) is 34.8 Å². The number of rotatable bonds is 3. The standard InChI is InChI=1S/C18H16Cl3N3O2/c19-13-7-6-11(10-14(13)20)23-17(25)15-5-1-2-9-24(15)18(26)12-4-3-8-22-16(12)21/h3-4,6-8,10,15H,1-2,5,9H2,(H,23,25). The third-order valence-electron chi connectivity index (χ3n) is 4.24. The minimum absolute atomic E-state index is 0.131. The molecule has 3 rings (SSSR count). The molecular weight excluding hydrogens is 397 g/mol. The van der Waals surface area contributed by atoms with Crippen LogP contribution in [0.4, 0.5) is 5.69 Å². The molecule has 2 amide bonds. The van der Waals surface area contributed by atoms with Gasteiger partial charge in [-0.15, -0.1) is 0 Å². The average Bonchev–Trinajstić information content (AvgIpc) is 2.64. The number of hydrogen-bond donors (Lipinski definition) is 1. The highest BCUT2D eigenvalue weighted by Gasteiger charge is 2.33. The molecule has 0 saturated carbocycles. The highest BCUT2D eigenvalue weighted by atomic mass is 35.5. The topological polar surface area (TPSA) is 62.3 Å². The van der Waals surface area contributed by atoms with E-state index < -0.39 is 6.04 Å². The van der Waals surface area contributed by atoms with Gasteiger partial charge in [0.1, 0.15) is 11.2 Å². The summed E-state index contributed by atoms with van der Waals surface area (Å²) in [4.78, 5) is 31.1. The van der Waals surface area contributed by atoms with Crippen molar-refractivity contribution in [1.29, 1.82) is 0 Å². The fourth-order valence-electron chi connectivity index (χ4n) is 2.95. The smallest absolute Gasteiger partial charge is 0.257 e. The van der Waals surface area contributed by atoms with E-state index in [-0.39, 0.29) is 17.0 Å². The number of carbonyl (C=O) groups excluding carboxylic acids is 2. The number of hydrogen-bond acceptors (Lipinski definition) is 3. The second-order valence-electron chi connectivity index (χ2n) is 5.97. The number of nitrogens with zero attached hydrogens (tertiary/aromatic N) is 2. The Bertz CT molecular complexity index is 844. The molecule has 0 spiro atoms. The minimum atomic E-state index is -0.582. The molecule has 26 heavy (non-hydrogen) atoms. The van der Waals surface area contributed by atoms with E-state index in [0.29, 0.717) is 34.3 Å². The summed E-state index contributed by atoms with van der Waals surface area (Å²) in [6.45, 7) is 0.490. The summed E-state index contributed by atoms with van der Waals surface area (Å²) in [6.07, 6.45) is 3.80. The summed E-state index contributed by atoms with van der Waals surface area (Å²) in [7, 11) is 0. The molecule has 1 saturated heterocycles. The number of likely N-dealkylation sites (tertiary alicyclic amines) is 1. The van der Waals surface area contributed by atoms with Gasteiger partial charge in [-0.2, -0.15) is 0 Å². The van der Waals surface area contributed by atoms with Crippen molar-refractivity contribution in [2.45, 2.75) is 25.3 Å². The van der Waals surface area contributed by atoms with Gasteiger partial charge >= 0.3 is 0 Å². The summed E-state index contributed by atoms with van der Waals surface area (Å²) in [5, 5.41) is 3.70.